The van der Waals surface area contributed by atoms with Crippen LogP contribution in [0.2, 0.25) is 0 Å². The van der Waals surface area contributed by atoms with Gasteiger partial charge in [0.25, 0.3) is 0 Å². The monoisotopic (exact) mass is 323 g/mol. The molecule has 1 heterocycles. The molecule has 0 unspecified atom stereocenters. The molecule has 1 amide bonds. The summed E-state index contributed by atoms with van der Waals surface area (Å²) >= 11 is 0. The van der Waals surface area contributed by atoms with E-state index in [4.69, 9.17) is 4.74 Å². The summed E-state index contributed by atoms with van der Waals surface area (Å²) in [5, 5.41) is 0. The minimum absolute atomic E-state index is 0.0152. The highest BCUT2D eigenvalue weighted by Crippen LogP contribution is 2.14. The lowest BCUT2D eigenvalue weighted by Crippen LogP contribution is -2.46. The van der Waals surface area contributed by atoms with Crippen LogP contribution in [0.25, 0.3) is 0 Å². The van der Waals surface area contributed by atoms with E-state index in [1.807, 2.05) is 6.07 Å². The van der Waals surface area contributed by atoms with Gasteiger partial charge >= 0.3 is 5.97 Å². The van der Waals surface area contributed by atoms with E-state index in [9.17, 15) is 14.0 Å². The van der Waals surface area contributed by atoms with E-state index in [0.717, 1.165) is 5.56 Å². The maximum absolute atomic E-state index is 13.2. The van der Waals surface area contributed by atoms with Gasteiger partial charge in [-0.1, -0.05) is 12.1 Å². The number of methoxy groups -OCH3 is 1. The van der Waals surface area contributed by atoms with Crippen LogP contribution in [0.1, 0.15) is 24.8 Å². The molecule has 5 nitrogen and oxygen atoms in total. The molecule has 126 valence electrons. The van der Waals surface area contributed by atoms with Crippen LogP contribution in [0.4, 0.5) is 4.39 Å². The molecule has 1 aliphatic heterocycles. The smallest absolute Gasteiger partial charge is 0.305 e. The van der Waals surface area contributed by atoms with E-state index in [1.54, 1.807) is 11.0 Å². The van der Waals surface area contributed by atoms with Crippen LogP contribution >= 0.6 is 0 Å². The number of benzene rings is 1. The van der Waals surface area contributed by atoms with Gasteiger partial charge < -0.3 is 14.4 Å². The van der Waals surface area contributed by atoms with Crippen molar-refractivity contribution in [1.82, 2.24) is 4.90 Å². The minimum Gasteiger partial charge on any atom is -0.469 e. The highest BCUT2D eigenvalue weighted by atomic mass is 19.1. The van der Waals surface area contributed by atoms with Crippen molar-refractivity contribution in [2.24, 2.45) is 0 Å². The fraction of sp³-hybridized carbons (Fsp3) is 0.529. The molecule has 0 N–H and O–H groups in total. The SMILES string of the molecule is COC(=O)CCCC(=O)N1CCO[C@@H](Cc2cccc(F)c2)C1. The molecule has 1 fully saturated rings. The van der Waals surface area contributed by atoms with Gasteiger partial charge in [0.05, 0.1) is 19.8 Å². The molecular weight excluding hydrogens is 301 g/mol. The number of carbonyl (C=O) groups is 2. The van der Waals surface area contributed by atoms with Gasteiger partial charge in [-0.2, -0.15) is 0 Å². The molecule has 0 aromatic heterocycles. The van der Waals surface area contributed by atoms with Crippen molar-refractivity contribution < 1.29 is 23.5 Å². The fourth-order valence-electron chi connectivity index (χ4n) is 2.64. The Balaban J connectivity index is 1.80. The molecule has 2 rings (SSSR count). The molecule has 0 aliphatic carbocycles. The number of esters is 1. The number of halogens is 1. The number of carbonyl (C=O) groups excluding carboxylic acids is 2. The van der Waals surface area contributed by atoms with Crippen LogP contribution in [0.3, 0.4) is 0 Å². The number of amides is 1. The third kappa shape index (κ3) is 5.63. The zero-order chi connectivity index (χ0) is 16.7. The normalized spacial score (nSPS) is 17.8. The van der Waals surface area contributed by atoms with Crippen LogP contribution < -0.4 is 0 Å². The second-order valence-corrected chi connectivity index (χ2v) is 5.60. The van der Waals surface area contributed by atoms with Gasteiger partial charge in [0.1, 0.15) is 5.82 Å². The summed E-state index contributed by atoms with van der Waals surface area (Å²) in [4.78, 5) is 25.0. The number of morpholine rings is 1. The van der Waals surface area contributed by atoms with Crippen LogP contribution in [0.15, 0.2) is 24.3 Å². The molecule has 0 saturated carbocycles. The first-order valence-corrected chi connectivity index (χ1v) is 7.79. The molecule has 1 aromatic carbocycles. The van der Waals surface area contributed by atoms with Crippen molar-refractivity contribution in [3.8, 4) is 0 Å². The van der Waals surface area contributed by atoms with E-state index >= 15 is 0 Å². The highest BCUT2D eigenvalue weighted by molar-refractivity contribution is 5.77. The first kappa shape index (κ1) is 17.4. The molecule has 0 bridgehead atoms. The predicted molar refractivity (Wildman–Crippen MR) is 82.3 cm³/mol. The van der Waals surface area contributed by atoms with Gasteiger partial charge in [-0.05, 0) is 24.1 Å². The largest absolute Gasteiger partial charge is 0.469 e. The quantitative estimate of drug-likeness (QED) is 0.751. The molecule has 0 radical (unpaired) electrons. The predicted octanol–water partition coefficient (Wildman–Crippen LogP) is 1.94. The zero-order valence-corrected chi connectivity index (χ0v) is 13.3. The molecule has 1 aromatic rings. The van der Waals surface area contributed by atoms with Crippen LogP contribution in [0.5, 0.6) is 0 Å². The Morgan fingerprint density at radius 1 is 1.39 bits per heavy atom. The summed E-state index contributed by atoms with van der Waals surface area (Å²) in [6.07, 6.45) is 1.50. The minimum atomic E-state index is -0.302. The second-order valence-electron chi connectivity index (χ2n) is 5.60. The van der Waals surface area contributed by atoms with Crippen molar-refractivity contribution in [3.63, 3.8) is 0 Å². The topological polar surface area (TPSA) is 55.8 Å². The van der Waals surface area contributed by atoms with E-state index < -0.39 is 0 Å². The van der Waals surface area contributed by atoms with Gasteiger partial charge in [0, 0.05) is 32.4 Å². The molecule has 1 aliphatic rings. The van der Waals surface area contributed by atoms with E-state index in [2.05, 4.69) is 4.74 Å². The summed E-state index contributed by atoms with van der Waals surface area (Å²) in [6.45, 7) is 1.52. The average Bonchev–Trinajstić information content (AvgIpc) is 2.55. The van der Waals surface area contributed by atoms with Crippen molar-refractivity contribution in [3.05, 3.63) is 35.6 Å². The number of ether oxygens (including phenoxy) is 2. The molecule has 1 atom stereocenters. The lowest BCUT2D eigenvalue weighted by atomic mass is 10.1. The second kappa shape index (κ2) is 8.62. The fourth-order valence-corrected chi connectivity index (χ4v) is 2.64. The van der Waals surface area contributed by atoms with E-state index in [0.29, 0.717) is 39.0 Å². The number of rotatable bonds is 6. The zero-order valence-electron chi connectivity index (χ0n) is 13.3. The lowest BCUT2D eigenvalue weighted by molar-refractivity contribution is -0.141. The number of hydrogen-bond acceptors (Lipinski definition) is 4. The first-order chi connectivity index (χ1) is 11.1. The molecule has 23 heavy (non-hydrogen) atoms. The third-order valence-corrected chi connectivity index (χ3v) is 3.84. The lowest BCUT2D eigenvalue weighted by Gasteiger charge is -2.33. The molecule has 1 saturated heterocycles. The third-order valence-electron chi connectivity index (χ3n) is 3.84. The maximum Gasteiger partial charge on any atom is 0.305 e. The van der Waals surface area contributed by atoms with Gasteiger partial charge in [-0.3, -0.25) is 9.59 Å². The molecular formula is C17H22FNO4. The van der Waals surface area contributed by atoms with E-state index in [1.165, 1.54) is 19.2 Å². The maximum atomic E-state index is 13.2. The summed E-state index contributed by atoms with van der Waals surface area (Å²) in [7, 11) is 1.34. The Morgan fingerprint density at radius 2 is 2.22 bits per heavy atom. The Kier molecular flexibility index (Phi) is 6.52. The highest BCUT2D eigenvalue weighted by Gasteiger charge is 2.24. The molecule has 6 heteroatoms. The van der Waals surface area contributed by atoms with Gasteiger partial charge in [0.2, 0.25) is 5.91 Å². The van der Waals surface area contributed by atoms with Crippen molar-refractivity contribution in [1.29, 1.82) is 0 Å². The van der Waals surface area contributed by atoms with Gasteiger partial charge in [0.15, 0.2) is 0 Å². The van der Waals surface area contributed by atoms with Gasteiger partial charge in [-0.15, -0.1) is 0 Å². The average molecular weight is 323 g/mol. The Hall–Kier alpha value is -1.95. The summed E-state index contributed by atoms with van der Waals surface area (Å²) in [5.41, 5.74) is 0.856. The van der Waals surface area contributed by atoms with Gasteiger partial charge in [-0.25, -0.2) is 4.39 Å². The van der Waals surface area contributed by atoms with Crippen LogP contribution in [-0.4, -0.2) is 49.7 Å². The van der Waals surface area contributed by atoms with Crippen LogP contribution in [-0.2, 0) is 25.5 Å². The van der Waals surface area contributed by atoms with E-state index in [-0.39, 0.29) is 30.2 Å². The van der Waals surface area contributed by atoms with Crippen LogP contribution in [0, 0.1) is 5.82 Å². The summed E-state index contributed by atoms with van der Waals surface area (Å²) in [5.74, 6) is -0.556. The summed E-state index contributed by atoms with van der Waals surface area (Å²) in [6, 6.07) is 6.41. The number of nitrogens with zero attached hydrogens (tertiary/aromatic N) is 1. The molecule has 0 spiro atoms. The Labute approximate surface area is 135 Å². The van der Waals surface area contributed by atoms with Crippen molar-refractivity contribution in [2.45, 2.75) is 31.8 Å². The Bertz CT molecular complexity index is 549. The van der Waals surface area contributed by atoms with Crippen molar-refractivity contribution in [2.75, 3.05) is 26.8 Å². The standard InChI is InChI=1S/C17H22FNO4/c1-22-17(21)7-3-6-16(20)19-8-9-23-15(12-19)11-13-4-2-5-14(18)10-13/h2,4-5,10,15H,3,6-9,11-12H2,1H3/t15-/m0/s1. The summed E-state index contributed by atoms with van der Waals surface area (Å²) < 4.78 is 23.4. The first-order valence-electron chi connectivity index (χ1n) is 7.79. The Morgan fingerprint density at radius 3 is 2.96 bits per heavy atom. The number of hydrogen-bond donors (Lipinski definition) is 0. The van der Waals surface area contributed by atoms with Crippen molar-refractivity contribution >= 4 is 11.9 Å².